The van der Waals surface area contributed by atoms with Crippen molar-refractivity contribution in [1.29, 1.82) is 0 Å². The first-order chi connectivity index (χ1) is 8.91. The Morgan fingerprint density at radius 3 is 2.68 bits per heavy atom. The number of aromatic nitrogens is 3. The Labute approximate surface area is 121 Å². The lowest BCUT2D eigenvalue weighted by atomic mass is 10.2. The molecular weight excluding hydrogens is 337 g/mol. The molecule has 19 heavy (non-hydrogen) atoms. The molecule has 2 rings (SSSR count). The molecule has 0 aliphatic rings. The second kappa shape index (κ2) is 5.30. The highest BCUT2D eigenvalue weighted by Crippen LogP contribution is 2.33. The van der Waals surface area contributed by atoms with E-state index in [0.717, 1.165) is 11.8 Å². The van der Waals surface area contributed by atoms with Crippen molar-refractivity contribution in [2.24, 2.45) is 7.05 Å². The second-order valence-corrected chi connectivity index (χ2v) is 5.54. The number of hydrogen-bond donors (Lipinski definition) is 1. The van der Waals surface area contributed by atoms with Gasteiger partial charge in [0.15, 0.2) is 11.0 Å². The fraction of sp³-hybridized carbons (Fsp3) is 0.182. The van der Waals surface area contributed by atoms with Gasteiger partial charge in [0.2, 0.25) is 0 Å². The summed E-state index contributed by atoms with van der Waals surface area (Å²) in [5.74, 6) is -1.09. The van der Waals surface area contributed by atoms with E-state index in [4.69, 9.17) is 5.11 Å². The van der Waals surface area contributed by atoms with Gasteiger partial charge in [-0.3, -0.25) is 0 Å². The summed E-state index contributed by atoms with van der Waals surface area (Å²) in [6, 6.07) is 2.76. The van der Waals surface area contributed by atoms with Crippen molar-refractivity contribution in [2.45, 2.75) is 17.0 Å². The highest BCUT2D eigenvalue weighted by atomic mass is 79.9. The van der Waals surface area contributed by atoms with Gasteiger partial charge in [-0.25, -0.2) is 9.18 Å². The molecule has 2 aromatic rings. The number of hydrogen-bond acceptors (Lipinski definition) is 4. The first kappa shape index (κ1) is 14.0. The molecule has 100 valence electrons. The van der Waals surface area contributed by atoms with E-state index in [2.05, 4.69) is 26.1 Å². The fourth-order valence-electron chi connectivity index (χ4n) is 1.35. The molecule has 0 atom stereocenters. The second-order valence-electron chi connectivity index (χ2n) is 3.74. The summed E-state index contributed by atoms with van der Waals surface area (Å²) in [7, 11) is 1.77. The van der Waals surface area contributed by atoms with Crippen LogP contribution in [-0.2, 0) is 7.05 Å². The Hall–Kier alpha value is -1.41. The van der Waals surface area contributed by atoms with Crippen LogP contribution < -0.4 is 0 Å². The van der Waals surface area contributed by atoms with Crippen molar-refractivity contribution in [3.63, 3.8) is 0 Å². The topological polar surface area (TPSA) is 68.0 Å². The maximum absolute atomic E-state index is 14.1. The summed E-state index contributed by atoms with van der Waals surface area (Å²) in [5.41, 5.74) is -0.115. The van der Waals surface area contributed by atoms with E-state index in [1.165, 1.54) is 12.1 Å². The van der Waals surface area contributed by atoms with E-state index < -0.39 is 11.8 Å². The van der Waals surface area contributed by atoms with Gasteiger partial charge in [-0.2, -0.15) is 0 Å². The first-order valence-electron chi connectivity index (χ1n) is 5.17. The van der Waals surface area contributed by atoms with Gasteiger partial charge in [0.1, 0.15) is 5.82 Å². The predicted octanol–water partition coefficient (Wildman–Crippen LogP) is 2.87. The maximum atomic E-state index is 14.1. The summed E-state index contributed by atoms with van der Waals surface area (Å²) in [5, 5.41) is 17.2. The monoisotopic (exact) mass is 345 g/mol. The van der Waals surface area contributed by atoms with Crippen molar-refractivity contribution in [3.05, 3.63) is 33.8 Å². The molecule has 1 aromatic carbocycles. The minimum absolute atomic E-state index is 0.0658. The number of aryl methyl sites for hydroxylation is 1. The van der Waals surface area contributed by atoms with Crippen LogP contribution in [0.3, 0.4) is 0 Å². The molecule has 0 aliphatic carbocycles. The molecule has 0 aliphatic heterocycles. The van der Waals surface area contributed by atoms with Crippen molar-refractivity contribution < 1.29 is 14.3 Å². The zero-order valence-corrected chi connectivity index (χ0v) is 12.4. The standard InChI is InChI=1S/C11H9BrFN3O2S/c1-5-14-15-11(16(5)2)19-7-4-3-6(10(17)18)8(12)9(7)13/h3-4H,1-2H3,(H,17,18). The Morgan fingerprint density at radius 2 is 2.16 bits per heavy atom. The van der Waals surface area contributed by atoms with Crippen LogP contribution >= 0.6 is 27.7 Å². The Morgan fingerprint density at radius 1 is 1.47 bits per heavy atom. The summed E-state index contributed by atoms with van der Waals surface area (Å²) in [6.45, 7) is 1.79. The Bertz CT molecular complexity index is 660. The number of aromatic carboxylic acids is 1. The van der Waals surface area contributed by atoms with Crippen LogP contribution in [-0.4, -0.2) is 25.8 Å². The normalized spacial score (nSPS) is 10.7. The van der Waals surface area contributed by atoms with Gasteiger partial charge < -0.3 is 9.67 Å². The number of nitrogens with zero attached hydrogens (tertiary/aromatic N) is 3. The van der Waals surface area contributed by atoms with Crippen molar-refractivity contribution in [3.8, 4) is 0 Å². The third-order valence-electron chi connectivity index (χ3n) is 2.53. The SMILES string of the molecule is Cc1nnc(Sc2ccc(C(=O)O)c(Br)c2F)n1C. The average Bonchev–Trinajstić information content (AvgIpc) is 2.66. The van der Waals surface area contributed by atoms with E-state index in [9.17, 15) is 9.18 Å². The van der Waals surface area contributed by atoms with Crippen LogP contribution in [0.25, 0.3) is 0 Å². The van der Waals surface area contributed by atoms with Crippen LogP contribution in [0.4, 0.5) is 4.39 Å². The largest absolute Gasteiger partial charge is 0.478 e. The molecule has 0 radical (unpaired) electrons. The third-order valence-corrected chi connectivity index (χ3v) is 4.38. The molecule has 8 heteroatoms. The highest BCUT2D eigenvalue weighted by molar-refractivity contribution is 9.10. The van der Waals surface area contributed by atoms with Crippen LogP contribution in [0.2, 0.25) is 0 Å². The Kier molecular flexibility index (Phi) is 3.91. The quantitative estimate of drug-likeness (QED) is 0.926. The summed E-state index contributed by atoms with van der Waals surface area (Å²) < 4.78 is 15.7. The van der Waals surface area contributed by atoms with Gasteiger partial charge >= 0.3 is 5.97 Å². The number of rotatable bonds is 3. The third kappa shape index (κ3) is 2.64. The van der Waals surface area contributed by atoms with E-state index in [1.54, 1.807) is 18.5 Å². The highest BCUT2D eigenvalue weighted by Gasteiger charge is 2.18. The van der Waals surface area contributed by atoms with Crippen molar-refractivity contribution >= 4 is 33.7 Å². The molecule has 1 heterocycles. The molecule has 5 nitrogen and oxygen atoms in total. The molecule has 1 N–H and O–H groups in total. The first-order valence-corrected chi connectivity index (χ1v) is 6.78. The number of halogens is 2. The van der Waals surface area contributed by atoms with Gasteiger partial charge in [-0.05, 0) is 46.7 Å². The van der Waals surface area contributed by atoms with E-state index in [1.807, 2.05) is 0 Å². The van der Waals surface area contributed by atoms with E-state index in [-0.39, 0.29) is 14.9 Å². The molecule has 0 unspecified atom stereocenters. The summed E-state index contributed by atoms with van der Waals surface area (Å²) in [6.07, 6.45) is 0. The lowest BCUT2D eigenvalue weighted by Gasteiger charge is -2.06. The predicted molar refractivity (Wildman–Crippen MR) is 70.9 cm³/mol. The minimum Gasteiger partial charge on any atom is -0.478 e. The molecule has 0 bridgehead atoms. The van der Waals surface area contributed by atoms with Gasteiger partial charge in [0, 0.05) is 7.05 Å². The molecule has 0 fully saturated rings. The number of carboxylic acids is 1. The Balaban J connectivity index is 2.39. The number of carbonyl (C=O) groups is 1. The zero-order chi connectivity index (χ0) is 14.2. The van der Waals surface area contributed by atoms with E-state index in [0.29, 0.717) is 11.0 Å². The summed E-state index contributed by atoms with van der Waals surface area (Å²) >= 11 is 4.04. The van der Waals surface area contributed by atoms with Gasteiger partial charge in [0.05, 0.1) is 14.9 Å². The number of benzene rings is 1. The maximum Gasteiger partial charge on any atom is 0.336 e. The van der Waals surface area contributed by atoms with Crippen LogP contribution in [0.15, 0.2) is 26.7 Å². The van der Waals surface area contributed by atoms with Crippen LogP contribution in [0.1, 0.15) is 16.2 Å². The lowest BCUT2D eigenvalue weighted by Crippen LogP contribution is -2.00. The number of carboxylic acid groups (broad SMARTS) is 1. The minimum atomic E-state index is -1.18. The van der Waals surface area contributed by atoms with E-state index >= 15 is 0 Å². The smallest absolute Gasteiger partial charge is 0.336 e. The van der Waals surface area contributed by atoms with Gasteiger partial charge in [-0.15, -0.1) is 10.2 Å². The van der Waals surface area contributed by atoms with Crippen LogP contribution in [0, 0.1) is 12.7 Å². The molecule has 0 saturated carbocycles. The molecular formula is C11H9BrFN3O2S. The summed E-state index contributed by atoms with van der Waals surface area (Å²) in [4.78, 5) is 11.2. The van der Waals surface area contributed by atoms with Crippen molar-refractivity contribution in [2.75, 3.05) is 0 Å². The zero-order valence-electron chi connectivity index (χ0n) is 10.0. The van der Waals surface area contributed by atoms with Gasteiger partial charge in [-0.1, -0.05) is 0 Å². The lowest BCUT2D eigenvalue weighted by molar-refractivity contribution is 0.0695. The molecule has 0 spiro atoms. The molecule has 0 saturated heterocycles. The molecule has 1 aromatic heterocycles. The van der Waals surface area contributed by atoms with Crippen LogP contribution in [0.5, 0.6) is 0 Å². The molecule has 0 amide bonds. The average molecular weight is 346 g/mol. The van der Waals surface area contributed by atoms with Crippen molar-refractivity contribution in [1.82, 2.24) is 14.8 Å². The fourth-order valence-corrected chi connectivity index (χ4v) is 2.87. The van der Waals surface area contributed by atoms with Gasteiger partial charge in [0.25, 0.3) is 0 Å².